The highest BCUT2D eigenvalue weighted by Gasteiger charge is 2.27. The van der Waals surface area contributed by atoms with Gasteiger partial charge in [0.2, 0.25) is 5.91 Å². The lowest BCUT2D eigenvalue weighted by atomic mass is 10.0. The van der Waals surface area contributed by atoms with Gasteiger partial charge in [-0.25, -0.2) is 4.98 Å². The zero-order valence-electron chi connectivity index (χ0n) is 13.9. The van der Waals surface area contributed by atoms with Gasteiger partial charge in [0.1, 0.15) is 6.04 Å². The Hall–Kier alpha value is -0.430. The molecule has 1 aliphatic carbocycles. The standard InChI is InChI=1S/C16H26N4OS.2ClH/c21-16(15-14-13(7-9-17-15)19-11-20-14)18-8-4-10-22-12-5-2-1-3-6-12;;/h11-12,15,17H,1-10H2,(H,18,21)(H,19,20);2*1H. The molecule has 1 aromatic rings. The van der Waals surface area contributed by atoms with Gasteiger partial charge < -0.3 is 15.6 Å². The first kappa shape index (κ1) is 21.6. The Morgan fingerprint density at radius 1 is 1.29 bits per heavy atom. The van der Waals surface area contributed by atoms with E-state index in [-0.39, 0.29) is 36.8 Å². The molecule has 1 saturated carbocycles. The number of H-pyrrole nitrogens is 1. The van der Waals surface area contributed by atoms with Gasteiger partial charge in [-0.1, -0.05) is 19.3 Å². The Kier molecular flexibility index (Phi) is 10.1. The molecule has 0 bridgehead atoms. The van der Waals surface area contributed by atoms with Crippen molar-refractivity contribution in [2.24, 2.45) is 0 Å². The van der Waals surface area contributed by atoms with Crippen molar-refractivity contribution in [3.8, 4) is 0 Å². The highest BCUT2D eigenvalue weighted by atomic mass is 35.5. The number of halogens is 2. The van der Waals surface area contributed by atoms with E-state index in [0.29, 0.717) is 0 Å². The molecule has 1 aliphatic heterocycles. The normalized spacial score (nSPS) is 20.4. The summed E-state index contributed by atoms with van der Waals surface area (Å²) in [5, 5.41) is 7.16. The summed E-state index contributed by atoms with van der Waals surface area (Å²) < 4.78 is 0. The van der Waals surface area contributed by atoms with E-state index in [4.69, 9.17) is 0 Å². The summed E-state index contributed by atoms with van der Waals surface area (Å²) in [6.45, 7) is 1.58. The lowest BCUT2D eigenvalue weighted by Gasteiger charge is -2.22. The molecular weight excluding hydrogens is 367 g/mol. The van der Waals surface area contributed by atoms with E-state index >= 15 is 0 Å². The summed E-state index contributed by atoms with van der Waals surface area (Å²) in [5.41, 5.74) is 1.95. The molecule has 1 atom stereocenters. The zero-order valence-corrected chi connectivity index (χ0v) is 16.3. The first-order valence-electron chi connectivity index (χ1n) is 8.49. The molecule has 0 spiro atoms. The van der Waals surface area contributed by atoms with E-state index in [1.54, 1.807) is 6.33 Å². The summed E-state index contributed by atoms with van der Waals surface area (Å²) in [4.78, 5) is 19.7. The van der Waals surface area contributed by atoms with Gasteiger partial charge in [-0.15, -0.1) is 24.8 Å². The molecule has 2 heterocycles. The largest absolute Gasteiger partial charge is 0.354 e. The van der Waals surface area contributed by atoms with Crippen LogP contribution in [0.3, 0.4) is 0 Å². The quantitative estimate of drug-likeness (QED) is 0.648. The number of rotatable bonds is 6. The second-order valence-electron chi connectivity index (χ2n) is 6.18. The van der Waals surface area contributed by atoms with Crippen molar-refractivity contribution in [3.05, 3.63) is 17.7 Å². The van der Waals surface area contributed by atoms with Gasteiger partial charge in [-0.2, -0.15) is 11.8 Å². The van der Waals surface area contributed by atoms with Crippen LogP contribution in [0.15, 0.2) is 6.33 Å². The average Bonchev–Trinajstić information content (AvgIpc) is 3.04. The molecule has 1 fully saturated rings. The predicted octanol–water partition coefficient (Wildman–Crippen LogP) is 3.01. The average molecular weight is 395 g/mol. The summed E-state index contributed by atoms with van der Waals surface area (Å²) in [7, 11) is 0. The second kappa shape index (κ2) is 11.2. The maximum absolute atomic E-state index is 12.3. The monoisotopic (exact) mass is 394 g/mol. The van der Waals surface area contributed by atoms with Crippen LogP contribution in [0.4, 0.5) is 0 Å². The number of nitrogens with one attached hydrogen (secondary N) is 3. The molecule has 0 aromatic carbocycles. The van der Waals surface area contributed by atoms with Crippen molar-refractivity contribution < 1.29 is 4.79 Å². The van der Waals surface area contributed by atoms with Crippen molar-refractivity contribution >= 4 is 42.5 Å². The minimum atomic E-state index is -0.291. The predicted molar refractivity (Wildman–Crippen MR) is 104 cm³/mol. The Bertz CT molecular complexity index is 494. The minimum absolute atomic E-state index is 0. The minimum Gasteiger partial charge on any atom is -0.354 e. The summed E-state index contributed by atoms with van der Waals surface area (Å²) in [5.74, 6) is 1.20. The van der Waals surface area contributed by atoms with Crippen LogP contribution in [0.25, 0.3) is 0 Å². The topological polar surface area (TPSA) is 69.8 Å². The maximum atomic E-state index is 12.3. The van der Waals surface area contributed by atoms with Crippen molar-refractivity contribution in [1.82, 2.24) is 20.6 Å². The van der Waals surface area contributed by atoms with Crippen LogP contribution in [0.2, 0.25) is 0 Å². The van der Waals surface area contributed by atoms with Gasteiger partial charge in [0, 0.05) is 30.5 Å². The van der Waals surface area contributed by atoms with E-state index < -0.39 is 0 Å². The molecule has 1 aromatic heterocycles. The van der Waals surface area contributed by atoms with Crippen molar-refractivity contribution in [1.29, 1.82) is 0 Å². The lowest BCUT2D eigenvalue weighted by Crippen LogP contribution is -2.41. The van der Waals surface area contributed by atoms with Crippen molar-refractivity contribution in [3.63, 3.8) is 0 Å². The molecule has 2 aliphatic rings. The van der Waals surface area contributed by atoms with E-state index in [2.05, 4.69) is 32.4 Å². The molecule has 138 valence electrons. The van der Waals surface area contributed by atoms with Crippen LogP contribution in [0.1, 0.15) is 56.0 Å². The lowest BCUT2D eigenvalue weighted by molar-refractivity contribution is -0.123. The fourth-order valence-corrected chi connectivity index (χ4v) is 4.61. The number of thioether (sulfide) groups is 1. The number of aromatic nitrogens is 2. The molecule has 5 nitrogen and oxygen atoms in total. The molecular formula is C16H28Cl2N4OS. The van der Waals surface area contributed by atoms with Crippen LogP contribution >= 0.6 is 36.6 Å². The van der Waals surface area contributed by atoms with Crippen LogP contribution in [0.5, 0.6) is 0 Å². The van der Waals surface area contributed by atoms with Gasteiger partial charge in [0.25, 0.3) is 0 Å². The van der Waals surface area contributed by atoms with Crippen LogP contribution in [-0.2, 0) is 11.2 Å². The Morgan fingerprint density at radius 2 is 2.08 bits per heavy atom. The zero-order chi connectivity index (χ0) is 15.2. The highest BCUT2D eigenvalue weighted by Crippen LogP contribution is 2.28. The first-order chi connectivity index (χ1) is 10.8. The molecule has 1 amide bonds. The van der Waals surface area contributed by atoms with Crippen molar-refractivity contribution in [2.45, 2.75) is 56.2 Å². The Balaban J connectivity index is 0.00000144. The molecule has 3 N–H and O–H groups in total. The number of nitrogens with zero attached hydrogens (tertiary/aromatic N) is 1. The van der Waals surface area contributed by atoms with Gasteiger partial charge in [0.15, 0.2) is 0 Å². The number of fused-ring (bicyclic) bond motifs is 1. The van der Waals surface area contributed by atoms with E-state index in [9.17, 15) is 4.79 Å². The summed E-state index contributed by atoms with van der Waals surface area (Å²) in [6.07, 6.45) is 10.6. The molecule has 0 saturated heterocycles. The number of aromatic amines is 1. The first-order valence-corrected chi connectivity index (χ1v) is 9.54. The molecule has 3 rings (SSSR count). The molecule has 24 heavy (non-hydrogen) atoms. The van der Waals surface area contributed by atoms with Gasteiger partial charge >= 0.3 is 0 Å². The summed E-state index contributed by atoms with van der Waals surface area (Å²) in [6, 6.07) is -0.291. The van der Waals surface area contributed by atoms with E-state index in [1.165, 1.54) is 32.1 Å². The summed E-state index contributed by atoms with van der Waals surface area (Å²) >= 11 is 2.09. The van der Waals surface area contributed by atoms with Crippen LogP contribution < -0.4 is 10.6 Å². The van der Waals surface area contributed by atoms with Crippen LogP contribution in [-0.4, -0.2) is 40.0 Å². The van der Waals surface area contributed by atoms with Gasteiger partial charge in [-0.05, 0) is 25.0 Å². The van der Waals surface area contributed by atoms with Crippen LogP contribution in [0, 0.1) is 0 Å². The van der Waals surface area contributed by atoms with E-state index in [0.717, 1.165) is 48.3 Å². The fraction of sp³-hybridized carbons (Fsp3) is 0.750. The Labute approximate surface area is 160 Å². The van der Waals surface area contributed by atoms with Gasteiger partial charge in [0.05, 0.1) is 12.0 Å². The smallest absolute Gasteiger partial charge is 0.243 e. The molecule has 1 unspecified atom stereocenters. The fourth-order valence-electron chi connectivity index (χ4n) is 3.30. The second-order valence-corrected chi connectivity index (χ2v) is 7.59. The SMILES string of the molecule is Cl.Cl.O=C(NCCCSC1CCCCC1)C1NCCc2[nH]cnc21. The molecule has 8 heteroatoms. The number of imidazole rings is 1. The number of hydrogen-bond acceptors (Lipinski definition) is 4. The number of amides is 1. The maximum Gasteiger partial charge on any atom is 0.243 e. The number of hydrogen-bond donors (Lipinski definition) is 3. The molecule has 0 radical (unpaired) electrons. The van der Waals surface area contributed by atoms with E-state index in [1.807, 2.05) is 0 Å². The van der Waals surface area contributed by atoms with Gasteiger partial charge in [-0.3, -0.25) is 4.79 Å². The third-order valence-electron chi connectivity index (χ3n) is 4.54. The third kappa shape index (κ3) is 5.83. The Morgan fingerprint density at radius 3 is 2.88 bits per heavy atom. The highest BCUT2D eigenvalue weighted by molar-refractivity contribution is 7.99. The third-order valence-corrected chi connectivity index (χ3v) is 6.00. The number of carbonyl (C=O) groups is 1. The number of carbonyl (C=O) groups excluding carboxylic acids is 1. The van der Waals surface area contributed by atoms with Crippen molar-refractivity contribution in [2.75, 3.05) is 18.8 Å².